The van der Waals surface area contributed by atoms with E-state index in [1.165, 1.54) is 0 Å². The first-order valence-electron chi connectivity index (χ1n) is 5.14. The molecule has 0 aromatic heterocycles. The van der Waals surface area contributed by atoms with Gasteiger partial charge in [-0.15, -0.1) is 0 Å². The molecule has 0 radical (unpaired) electrons. The molecule has 0 bridgehead atoms. The van der Waals surface area contributed by atoms with Crippen molar-refractivity contribution in [3.8, 4) is 0 Å². The van der Waals surface area contributed by atoms with Crippen molar-refractivity contribution < 1.29 is 40.5 Å². The second kappa shape index (κ2) is 8.72. The Balaban J connectivity index is 4.24. The Hall–Kier alpha value is -0.320. The highest BCUT2D eigenvalue weighted by molar-refractivity contribution is 4.81. The number of hydrogen-bond donors (Lipinski definition) is 7. The number of hydrogen-bond acceptors (Lipinski definition) is 8. The fourth-order valence-electron chi connectivity index (χ4n) is 1.10. The predicted molar refractivity (Wildman–Crippen MR) is 55.0 cm³/mol. The van der Waals surface area contributed by atoms with E-state index in [1.54, 1.807) is 0 Å². The summed E-state index contributed by atoms with van der Waals surface area (Å²) in [6.07, 6.45) is -7.30. The molecule has 5 atom stereocenters. The standard InChI is InChI=1S/C9H20O8/c10-1-5(13)4-17-7(3-12)9(16)8(15)6(14)2-11/h5-16H,1-4H2/t5?,6-,7+,8+,9+/m0/s1. The minimum absolute atomic E-state index is 0.347. The van der Waals surface area contributed by atoms with E-state index in [0.29, 0.717) is 0 Å². The zero-order valence-corrected chi connectivity index (χ0v) is 9.25. The molecule has 0 aromatic carbocycles. The van der Waals surface area contributed by atoms with E-state index in [-0.39, 0.29) is 6.61 Å². The van der Waals surface area contributed by atoms with Crippen LogP contribution >= 0.6 is 0 Å². The third kappa shape index (κ3) is 5.70. The Bertz CT molecular complexity index is 190. The molecule has 0 aromatic rings. The minimum atomic E-state index is -1.69. The third-order valence-corrected chi connectivity index (χ3v) is 2.21. The molecule has 0 spiro atoms. The van der Waals surface area contributed by atoms with Gasteiger partial charge in [-0.2, -0.15) is 0 Å². The third-order valence-electron chi connectivity index (χ3n) is 2.21. The van der Waals surface area contributed by atoms with Gasteiger partial charge in [-0.05, 0) is 0 Å². The minimum Gasteiger partial charge on any atom is -0.394 e. The van der Waals surface area contributed by atoms with E-state index in [1.807, 2.05) is 0 Å². The van der Waals surface area contributed by atoms with Gasteiger partial charge in [-0.3, -0.25) is 0 Å². The van der Waals surface area contributed by atoms with E-state index in [4.69, 9.17) is 30.3 Å². The molecule has 0 saturated heterocycles. The van der Waals surface area contributed by atoms with Crippen molar-refractivity contribution in [1.82, 2.24) is 0 Å². The van der Waals surface area contributed by atoms with Crippen molar-refractivity contribution >= 4 is 0 Å². The van der Waals surface area contributed by atoms with E-state index < -0.39 is 50.3 Å². The number of aliphatic hydroxyl groups excluding tert-OH is 7. The molecule has 0 rings (SSSR count). The van der Waals surface area contributed by atoms with Crippen molar-refractivity contribution in [2.24, 2.45) is 0 Å². The lowest BCUT2D eigenvalue weighted by Gasteiger charge is -2.28. The summed E-state index contributed by atoms with van der Waals surface area (Å²) < 4.78 is 4.86. The molecule has 0 aliphatic heterocycles. The maximum Gasteiger partial charge on any atom is 0.111 e. The van der Waals surface area contributed by atoms with Crippen LogP contribution in [0.3, 0.4) is 0 Å². The van der Waals surface area contributed by atoms with Gasteiger partial charge in [0.05, 0.1) is 26.4 Å². The molecular formula is C9H20O8. The van der Waals surface area contributed by atoms with Crippen LogP contribution in [0.5, 0.6) is 0 Å². The highest BCUT2D eigenvalue weighted by Crippen LogP contribution is 2.08. The SMILES string of the molecule is OCC(O)CO[C@H](CO)[C@@H](O)[C@H](O)[C@@H](O)CO. The molecule has 0 aliphatic carbocycles. The highest BCUT2D eigenvalue weighted by Gasteiger charge is 2.31. The second-order valence-corrected chi connectivity index (χ2v) is 3.62. The molecule has 17 heavy (non-hydrogen) atoms. The van der Waals surface area contributed by atoms with Crippen molar-refractivity contribution in [3.05, 3.63) is 0 Å². The molecule has 8 heteroatoms. The van der Waals surface area contributed by atoms with Gasteiger partial charge in [0, 0.05) is 0 Å². The summed E-state index contributed by atoms with van der Waals surface area (Å²) >= 11 is 0. The fraction of sp³-hybridized carbons (Fsp3) is 1.00. The van der Waals surface area contributed by atoms with Gasteiger partial charge >= 0.3 is 0 Å². The summed E-state index contributed by atoms with van der Waals surface area (Å²) in [6.45, 7) is -2.30. The van der Waals surface area contributed by atoms with E-state index in [2.05, 4.69) is 0 Å². The Morgan fingerprint density at radius 2 is 1.35 bits per heavy atom. The monoisotopic (exact) mass is 256 g/mol. The van der Waals surface area contributed by atoms with Crippen molar-refractivity contribution in [1.29, 1.82) is 0 Å². The van der Waals surface area contributed by atoms with E-state index in [0.717, 1.165) is 0 Å². The summed E-state index contributed by atoms with van der Waals surface area (Å²) in [5, 5.41) is 62.9. The Kier molecular flexibility index (Phi) is 8.56. The zero-order valence-electron chi connectivity index (χ0n) is 9.25. The van der Waals surface area contributed by atoms with Crippen LogP contribution < -0.4 is 0 Å². The summed E-state index contributed by atoms with van der Waals surface area (Å²) in [7, 11) is 0. The van der Waals surface area contributed by atoms with E-state index in [9.17, 15) is 10.2 Å². The molecule has 7 N–H and O–H groups in total. The lowest BCUT2D eigenvalue weighted by molar-refractivity contribution is -0.150. The number of rotatable bonds is 9. The smallest absolute Gasteiger partial charge is 0.111 e. The van der Waals surface area contributed by atoms with E-state index >= 15 is 0 Å². The average Bonchev–Trinajstić information content (AvgIpc) is 2.36. The molecule has 0 amide bonds. The van der Waals surface area contributed by atoms with Crippen LogP contribution in [0.1, 0.15) is 0 Å². The van der Waals surface area contributed by atoms with Gasteiger partial charge in [0.2, 0.25) is 0 Å². The Labute approximate surface area is 98.3 Å². The van der Waals surface area contributed by atoms with Crippen LogP contribution in [-0.4, -0.2) is 92.7 Å². The van der Waals surface area contributed by atoms with Crippen molar-refractivity contribution in [3.63, 3.8) is 0 Å². The first-order valence-corrected chi connectivity index (χ1v) is 5.14. The van der Waals surface area contributed by atoms with Crippen molar-refractivity contribution in [2.45, 2.75) is 30.5 Å². The van der Waals surface area contributed by atoms with Gasteiger partial charge in [0.25, 0.3) is 0 Å². The number of aliphatic hydroxyl groups is 7. The van der Waals surface area contributed by atoms with Gasteiger partial charge in [0.15, 0.2) is 0 Å². The van der Waals surface area contributed by atoms with Crippen molar-refractivity contribution in [2.75, 3.05) is 26.4 Å². The Morgan fingerprint density at radius 3 is 1.76 bits per heavy atom. The lowest BCUT2D eigenvalue weighted by atomic mass is 10.0. The average molecular weight is 256 g/mol. The highest BCUT2D eigenvalue weighted by atomic mass is 16.5. The molecular weight excluding hydrogens is 236 g/mol. The summed E-state index contributed by atoms with van der Waals surface area (Å²) in [6, 6.07) is 0. The van der Waals surface area contributed by atoms with Crippen LogP contribution in [0.15, 0.2) is 0 Å². The first-order chi connectivity index (χ1) is 7.97. The maximum atomic E-state index is 9.51. The molecule has 0 saturated carbocycles. The maximum absolute atomic E-state index is 9.51. The molecule has 0 fully saturated rings. The van der Waals surface area contributed by atoms with Gasteiger partial charge < -0.3 is 40.5 Å². The predicted octanol–water partition coefficient (Wildman–Crippen LogP) is -4.21. The largest absolute Gasteiger partial charge is 0.394 e. The topological polar surface area (TPSA) is 151 Å². The summed E-state index contributed by atoms with van der Waals surface area (Å²) in [4.78, 5) is 0. The molecule has 0 heterocycles. The zero-order chi connectivity index (χ0) is 13.4. The normalized spacial score (nSPS) is 20.6. The van der Waals surface area contributed by atoms with Gasteiger partial charge in [0.1, 0.15) is 30.5 Å². The molecule has 104 valence electrons. The van der Waals surface area contributed by atoms with Crippen LogP contribution in [0.2, 0.25) is 0 Å². The molecule has 1 unspecified atom stereocenters. The fourth-order valence-corrected chi connectivity index (χ4v) is 1.10. The van der Waals surface area contributed by atoms with Crippen LogP contribution in [0.25, 0.3) is 0 Å². The molecule has 8 nitrogen and oxygen atoms in total. The summed E-state index contributed by atoms with van der Waals surface area (Å²) in [5.41, 5.74) is 0. The summed E-state index contributed by atoms with van der Waals surface area (Å²) in [5.74, 6) is 0. The van der Waals surface area contributed by atoms with Gasteiger partial charge in [-0.25, -0.2) is 0 Å². The van der Waals surface area contributed by atoms with Crippen LogP contribution in [0.4, 0.5) is 0 Å². The number of ether oxygens (including phenoxy) is 1. The lowest BCUT2D eigenvalue weighted by Crippen LogP contribution is -2.48. The first kappa shape index (κ1) is 16.7. The Morgan fingerprint density at radius 1 is 0.765 bits per heavy atom. The van der Waals surface area contributed by atoms with Crippen LogP contribution in [-0.2, 0) is 4.74 Å². The second-order valence-electron chi connectivity index (χ2n) is 3.62. The van der Waals surface area contributed by atoms with Crippen LogP contribution in [0, 0.1) is 0 Å². The van der Waals surface area contributed by atoms with Gasteiger partial charge in [-0.1, -0.05) is 0 Å². The quantitative estimate of drug-likeness (QED) is 0.219. The molecule has 0 aliphatic rings.